The van der Waals surface area contributed by atoms with Gasteiger partial charge in [-0.05, 0) is 64.0 Å². The van der Waals surface area contributed by atoms with Crippen molar-refractivity contribution in [1.82, 2.24) is 4.90 Å². The first kappa shape index (κ1) is 24.4. The summed E-state index contributed by atoms with van der Waals surface area (Å²) in [6.07, 6.45) is 4.95. The lowest BCUT2D eigenvalue weighted by Gasteiger charge is -2.28. The van der Waals surface area contributed by atoms with Crippen LogP contribution < -0.4 is 10.1 Å². The van der Waals surface area contributed by atoms with Crippen LogP contribution in [0.25, 0.3) is 0 Å². The fourth-order valence-corrected chi connectivity index (χ4v) is 3.20. The lowest BCUT2D eigenvalue weighted by atomic mass is 9.96. The van der Waals surface area contributed by atoms with Gasteiger partial charge in [-0.2, -0.15) is 0 Å². The molecule has 1 aromatic rings. The van der Waals surface area contributed by atoms with Gasteiger partial charge in [0.15, 0.2) is 0 Å². The van der Waals surface area contributed by atoms with Gasteiger partial charge in [0.2, 0.25) is 0 Å². The van der Waals surface area contributed by atoms with E-state index in [1.807, 2.05) is 38.1 Å². The van der Waals surface area contributed by atoms with Crippen LogP contribution in [0.3, 0.4) is 0 Å². The smallest absolute Gasteiger partial charge is 0.256 e. The van der Waals surface area contributed by atoms with Gasteiger partial charge >= 0.3 is 0 Å². The minimum absolute atomic E-state index is 0.0849. The van der Waals surface area contributed by atoms with Crippen LogP contribution in [0.5, 0.6) is 5.75 Å². The van der Waals surface area contributed by atoms with E-state index in [-0.39, 0.29) is 5.91 Å². The molecule has 0 spiro atoms. The van der Waals surface area contributed by atoms with Crippen molar-refractivity contribution in [3.63, 3.8) is 0 Å². The first-order valence-electron chi connectivity index (χ1n) is 10.9. The molecule has 160 valence electrons. The van der Waals surface area contributed by atoms with Crippen LogP contribution in [-0.2, 0) is 9.53 Å². The van der Waals surface area contributed by atoms with E-state index in [1.165, 1.54) is 0 Å². The molecule has 0 aliphatic rings. The summed E-state index contributed by atoms with van der Waals surface area (Å²) >= 11 is 0. The van der Waals surface area contributed by atoms with E-state index in [2.05, 4.69) is 31.0 Å². The first-order chi connectivity index (χ1) is 13.5. The second-order valence-electron chi connectivity index (χ2n) is 7.33. The van der Waals surface area contributed by atoms with Gasteiger partial charge in [0.1, 0.15) is 11.4 Å². The Morgan fingerprint density at radius 2 is 1.71 bits per heavy atom. The van der Waals surface area contributed by atoms with Gasteiger partial charge in [0.25, 0.3) is 5.91 Å². The zero-order valence-electron chi connectivity index (χ0n) is 18.6. The summed E-state index contributed by atoms with van der Waals surface area (Å²) in [7, 11) is 0. The summed E-state index contributed by atoms with van der Waals surface area (Å²) in [5.41, 5.74) is -0.0225. The van der Waals surface area contributed by atoms with Crippen LogP contribution in [0.2, 0.25) is 0 Å². The summed E-state index contributed by atoms with van der Waals surface area (Å²) in [6, 6.07) is 7.58. The number of ether oxygens (including phenoxy) is 2. The number of nitrogens with one attached hydrogen (secondary N) is 1. The van der Waals surface area contributed by atoms with Crippen molar-refractivity contribution < 1.29 is 14.3 Å². The van der Waals surface area contributed by atoms with Crippen LogP contribution in [0.15, 0.2) is 24.3 Å². The monoisotopic (exact) mass is 392 g/mol. The lowest BCUT2D eigenvalue weighted by Crippen LogP contribution is -2.42. The molecule has 0 aliphatic carbocycles. The van der Waals surface area contributed by atoms with Crippen molar-refractivity contribution in [2.45, 2.75) is 72.3 Å². The van der Waals surface area contributed by atoms with E-state index in [1.54, 1.807) is 0 Å². The molecule has 1 rings (SSSR count). The van der Waals surface area contributed by atoms with E-state index in [4.69, 9.17) is 9.47 Å². The maximum atomic E-state index is 12.8. The van der Waals surface area contributed by atoms with Crippen molar-refractivity contribution in [2.75, 3.05) is 38.2 Å². The molecule has 5 heteroatoms. The third kappa shape index (κ3) is 8.61. The van der Waals surface area contributed by atoms with Crippen molar-refractivity contribution >= 4 is 11.6 Å². The fraction of sp³-hybridized carbons (Fsp3) is 0.696. The molecule has 5 nitrogen and oxygen atoms in total. The Balaban J connectivity index is 2.52. The SMILES string of the molecule is CCCCC[C@](C)(OCC)C(=O)Nc1ccc(OCCCN(CC)CC)cc1. The number of carbonyl (C=O) groups is 1. The number of anilines is 1. The number of unbranched alkanes of at least 4 members (excludes halogenated alkanes) is 2. The van der Waals surface area contributed by atoms with Gasteiger partial charge in [-0.3, -0.25) is 4.79 Å². The molecule has 0 heterocycles. The number of carbonyl (C=O) groups excluding carboxylic acids is 1. The Labute approximate surface area is 171 Å². The van der Waals surface area contributed by atoms with Gasteiger partial charge < -0.3 is 19.7 Å². The molecule has 0 unspecified atom stereocenters. The van der Waals surface area contributed by atoms with Crippen LogP contribution in [0.4, 0.5) is 5.69 Å². The standard InChI is InChI=1S/C23H40N2O3/c1-6-10-11-17-23(5,28-9-4)22(26)24-20-13-15-21(16-14-20)27-19-12-18-25(7-2)8-3/h13-16H,6-12,17-19H2,1-5H3,(H,24,26)/t23-/m0/s1. The highest BCUT2D eigenvalue weighted by Crippen LogP contribution is 2.23. The minimum Gasteiger partial charge on any atom is -0.494 e. The second-order valence-corrected chi connectivity index (χ2v) is 7.33. The highest BCUT2D eigenvalue weighted by Gasteiger charge is 2.33. The summed E-state index contributed by atoms with van der Waals surface area (Å²) in [6.45, 7) is 14.7. The van der Waals surface area contributed by atoms with E-state index in [9.17, 15) is 4.79 Å². The summed E-state index contributed by atoms with van der Waals surface area (Å²) in [5.74, 6) is 0.742. The molecule has 1 atom stereocenters. The Bertz CT molecular complexity index is 543. The molecule has 0 aromatic heterocycles. The van der Waals surface area contributed by atoms with Crippen LogP contribution in [0.1, 0.15) is 66.7 Å². The molecule has 0 saturated carbocycles. The van der Waals surface area contributed by atoms with Crippen molar-refractivity contribution in [2.24, 2.45) is 0 Å². The Hall–Kier alpha value is -1.59. The first-order valence-corrected chi connectivity index (χ1v) is 10.9. The van der Waals surface area contributed by atoms with E-state index in [0.29, 0.717) is 13.2 Å². The largest absolute Gasteiger partial charge is 0.494 e. The van der Waals surface area contributed by atoms with Crippen molar-refractivity contribution in [3.05, 3.63) is 24.3 Å². The number of nitrogens with zero attached hydrogens (tertiary/aromatic N) is 1. The second kappa shape index (κ2) is 13.6. The van der Waals surface area contributed by atoms with Crippen molar-refractivity contribution in [3.8, 4) is 5.75 Å². The predicted octanol–water partition coefficient (Wildman–Crippen LogP) is 5.11. The normalized spacial score (nSPS) is 13.4. The van der Waals surface area contributed by atoms with Crippen LogP contribution in [-0.4, -0.2) is 49.3 Å². The maximum absolute atomic E-state index is 12.8. The summed E-state index contributed by atoms with van der Waals surface area (Å²) < 4.78 is 11.6. The number of rotatable bonds is 15. The fourth-order valence-electron chi connectivity index (χ4n) is 3.20. The maximum Gasteiger partial charge on any atom is 0.256 e. The molecule has 0 aliphatic heterocycles. The van der Waals surface area contributed by atoms with Gasteiger partial charge in [-0.15, -0.1) is 0 Å². The Morgan fingerprint density at radius 1 is 1.04 bits per heavy atom. The average Bonchev–Trinajstić information content (AvgIpc) is 2.69. The molecule has 1 amide bonds. The summed E-state index contributed by atoms with van der Waals surface area (Å²) in [5, 5.41) is 2.99. The number of benzene rings is 1. The highest BCUT2D eigenvalue weighted by molar-refractivity contribution is 5.97. The molecular formula is C23H40N2O3. The quantitative estimate of drug-likeness (QED) is 0.421. The minimum atomic E-state index is -0.788. The van der Waals surface area contributed by atoms with E-state index < -0.39 is 5.60 Å². The molecule has 28 heavy (non-hydrogen) atoms. The average molecular weight is 393 g/mol. The molecule has 1 N–H and O–H groups in total. The Kier molecular flexibility index (Phi) is 11.8. The number of hydrogen-bond acceptors (Lipinski definition) is 4. The van der Waals surface area contributed by atoms with Gasteiger partial charge in [-0.25, -0.2) is 0 Å². The van der Waals surface area contributed by atoms with Gasteiger partial charge in [0, 0.05) is 18.8 Å². The zero-order chi connectivity index (χ0) is 20.8. The third-order valence-electron chi connectivity index (χ3n) is 5.09. The topological polar surface area (TPSA) is 50.8 Å². The van der Waals surface area contributed by atoms with Gasteiger partial charge in [-0.1, -0.05) is 40.0 Å². The predicted molar refractivity (Wildman–Crippen MR) is 117 cm³/mol. The van der Waals surface area contributed by atoms with Crippen LogP contribution in [0, 0.1) is 0 Å². The highest BCUT2D eigenvalue weighted by atomic mass is 16.5. The Morgan fingerprint density at radius 3 is 2.29 bits per heavy atom. The molecule has 1 aromatic carbocycles. The lowest BCUT2D eigenvalue weighted by molar-refractivity contribution is -0.139. The van der Waals surface area contributed by atoms with Crippen LogP contribution >= 0.6 is 0 Å². The summed E-state index contributed by atoms with van der Waals surface area (Å²) in [4.78, 5) is 15.1. The van der Waals surface area contributed by atoms with Gasteiger partial charge in [0.05, 0.1) is 6.61 Å². The van der Waals surface area contributed by atoms with E-state index in [0.717, 1.165) is 63.2 Å². The molecule has 0 bridgehead atoms. The number of hydrogen-bond donors (Lipinski definition) is 1. The molecule has 0 saturated heterocycles. The van der Waals surface area contributed by atoms with E-state index >= 15 is 0 Å². The van der Waals surface area contributed by atoms with Crippen molar-refractivity contribution in [1.29, 1.82) is 0 Å². The number of amides is 1. The third-order valence-corrected chi connectivity index (χ3v) is 5.09. The molecule has 0 radical (unpaired) electrons. The zero-order valence-corrected chi connectivity index (χ0v) is 18.6. The molecular weight excluding hydrogens is 352 g/mol. The molecule has 0 fully saturated rings.